The Morgan fingerprint density at radius 2 is 1.50 bits per heavy atom. The highest BCUT2D eigenvalue weighted by atomic mass is 16.5. The maximum absolute atomic E-state index is 12.5. The Balaban J connectivity index is 1.68. The van der Waals surface area contributed by atoms with Crippen LogP contribution in [0.1, 0.15) is 34.0 Å². The molecule has 3 rings (SSSR count). The number of amides is 2. The zero-order valence-corrected chi connectivity index (χ0v) is 19.3. The van der Waals surface area contributed by atoms with Crippen LogP contribution in [0.4, 0.5) is 5.69 Å². The first-order valence-electron chi connectivity index (χ1n) is 10.5. The van der Waals surface area contributed by atoms with E-state index in [2.05, 4.69) is 15.8 Å². The van der Waals surface area contributed by atoms with E-state index in [1.54, 1.807) is 67.6 Å². The molecular weight excluding hydrogens is 434 g/mol. The number of esters is 1. The molecule has 0 spiro atoms. The summed E-state index contributed by atoms with van der Waals surface area (Å²) in [5.41, 5.74) is 5.87. The number of aryl methyl sites for hydroxylation is 2. The summed E-state index contributed by atoms with van der Waals surface area (Å²) in [5.74, 6) is -1.44. The van der Waals surface area contributed by atoms with E-state index in [9.17, 15) is 14.4 Å². The van der Waals surface area contributed by atoms with Crippen molar-refractivity contribution in [3.63, 3.8) is 0 Å². The first-order chi connectivity index (χ1) is 16.3. The van der Waals surface area contributed by atoms with Gasteiger partial charge in [0.2, 0.25) is 0 Å². The lowest BCUT2D eigenvalue weighted by Crippen LogP contribution is -2.33. The molecule has 174 valence electrons. The van der Waals surface area contributed by atoms with Crippen molar-refractivity contribution in [1.29, 1.82) is 0 Å². The highest BCUT2D eigenvalue weighted by Crippen LogP contribution is 2.21. The van der Waals surface area contributed by atoms with Crippen LogP contribution in [0.2, 0.25) is 0 Å². The van der Waals surface area contributed by atoms with Crippen molar-refractivity contribution in [1.82, 2.24) is 5.43 Å². The van der Waals surface area contributed by atoms with E-state index in [4.69, 9.17) is 9.47 Å². The molecule has 0 saturated heterocycles. The summed E-state index contributed by atoms with van der Waals surface area (Å²) < 4.78 is 10.6. The number of rotatable bonds is 6. The van der Waals surface area contributed by atoms with Gasteiger partial charge in [-0.1, -0.05) is 18.2 Å². The molecule has 0 heterocycles. The Hall–Kier alpha value is -4.46. The van der Waals surface area contributed by atoms with Crippen LogP contribution in [0.15, 0.2) is 71.8 Å². The minimum Gasteiger partial charge on any atom is -0.497 e. The Morgan fingerprint density at radius 1 is 0.853 bits per heavy atom. The number of hydrogen-bond donors (Lipinski definition) is 2. The SMILES string of the molecule is COc1ccc(C(=O)Oc2ccccc2C(C)=NNC(=O)C(=O)Nc2cc(C)cc(C)c2)cc1. The predicted molar refractivity (Wildman–Crippen MR) is 129 cm³/mol. The Bertz CT molecular complexity index is 1230. The van der Waals surface area contributed by atoms with E-state index in [1.807, 2.05) is 19.9 Å². The number of nitrogens with zero attached hydrogens (tertiary/aromatic N) is 1. The molecule has 0 bridgehead atoms. The van der Waals surface area contributed by atoms with Gasteiger partial charge in [0.05, 0.1) is 18.4 Å². The molecule has 8 heteroatoms. The van der Waals surface area contributed by atoms with Gasteiger partial charge in [-0.25, -0.2) is 10.2 Å². The first-order valence-corrected chi connectivity index (χ1v) is 10.5. The van der Waals surface area contributed by atoms with E-state index in [1.165, 1.54) is 7.11 Å². The quantitative estimate of drug-likeness (QED) is 0.190. The largest absolute Gasteiger partial charge is 0.497 e. The maximum Gasteiger partial charge on any atom is 0.343 e. The molecule has 3 aromatic carbocycles. The number of anilines is 1. The number of benzene rings is 3. The topological polar surface area (TPSA) is 106 Å². The summed E-state index contributed by atoms with van der Waals surface area (Å²) >= 11 is 0. The van der Waals surface area contributed by atoms with E-state index in [0.29, 0.717) is 28.3 Å². The number of carbonyl (C=O) groups excluding carboxylic acids is 3. The highest BCUT2D eigenvalue weighted by molar-refractivity contribution is 6.39. The summed E-state index contributed by atoms with van der Waals surface area (Å²) in [6.07, 6.45) is 0. The van der Waals surface area contributed by atoms with Crippen LogP contribution in [-0.4, -0.2) is 30.6 Å². The summed E-state index contributed by atoms with van der Waals surface area (Å²) in [5, 5.41) is 6.56. The maximum atomic E-state index is 12.5. The molecule has 0 aliphatic heterocycles. The minimum absolute atomic E-state index is 0.263. The van der Waals surface area contributed by atoms with Crippen LogP contribution in [0.25, 0.3) is 0 Å². The Kier molecular flexibility index (Phi) is 7.76. The van der Waals surface area contributed by atoms with E-state index in [-0.39, 0.29) is 5.75 Å². The average Bonchev–Trinajstić information content (AvgIpc) is 2.82. The second-order valence-corrected chi connectivity index (χ2v) is 7.58. The van der Waals surface area contributed by atoms with Gasteiger partial charge in [-0.2, -0.15) is 5.10 Å². The Labute approximate surface area is 197 Å². The van der Waals surface area contributed by atoms with Crippen molar-refractivity contribution in [3.05, 3.63) is 89.0 Å². The fourth-order valence-corrected chi connectivity index (χ4v) is 3.22. The molecule has 0 fully saturated rings. The van der Waals surface area contributed by atoms with Gasteiger partial charge in [0.15, 0.2) is 0 Å². The molecule has 2 N–H and O–H groups in total. The van der Waals surface area contributed by atoms with Gasteiger partial charge in [-0.15, -0.1) is 0 Å². The summed E-state index contributed by atoms with van der Waals surface area (Å²) in [6, 6.07) is 18.8. The lowest BCUT2D eigenvalue weighted by atomic mass is 10.1. The average molecular weight is 460 g/mol. The van der Waals surface area contributed by atoms with Gasteiger partial charge in [0, 0.05) is 11.3 Å². The van der Waals surface area contributed by atoms with Gasteiger partial charge in [-0.05, 0) is 80.4 Å². The molecule has 8 nitrogen and oxygen atoms in total. The molecule has 34 heavy (non-hydrogen) atoms. The monoisotopic (exact) mass is 459 g/mol. The zero-order valence-electron chi connectivity index (χ0n) is 19.3. The molecule has 0 aliphatic carbocycles. The van der Waals surface area contributed by atoms with Crippen LogP contribution in [0, 0.1) is 13.8 Å². The van der Waals surface area contributed by atoms with Crippen molar-refractivity contribution in [2.75, 3.05) is 12.4 Å². The predicted octanol–water partition coefficient (Wildman–Crippen LogP) is 4.01. The smallest absolute Gasteiger partial charge is 0.343 e. The number of hydrogen-bond acceptors (Lipinski definition) is 6. The third-order valence-corrected chi connectivity index (χ3v) is 4.82. The number of para-hydroxylation sites is 1. The minimum atomic E-state index is -0.925. The zero-order chi connectivity index (χ0) is 24.7. The molecule has 0 radical (unpaired) electrons. The fraction of sp³-hybridized carbons (Fsp3) is 0.154. The molecule has 2 amide bonds. The van der Waals surface area contributed by atoms with Crippen LogP contribution < -0.4 is 20.2 Å². The number of methoxy groups -OCH3 is 1. The van der Waals surface area contributed by atoms with E-state index >= 15 is 0 Å². The number of nitrogens with one attached hydrogen (secondary N) is 2. The standard InChI is InChI=1S/C26H25N3O5/c1-16-13-17(2)15-20(14-16)27-24(30)25(31)29-28-18(3)22-7-5-6-8-23(22)34-26(32)19-9-11-21(33-4)12-10-19/h5-15H,1-4H3,(H,27,30)(H,29,31). The summed E-state index contributed by atoms with van der Waals surface area (Å²) in [7, 11) is 1.54. The van der Waals surface area contributed by atoms with Crippen molar-refractivity contribution in [2.45, 2.75) is 20.8 Å². The van der Waals surface area contributed by atoms with Gasteiger partial charge >= 0.3 is 17.8 Å². The molecule has 0 aliphatic rings. The van der Waals surface area contributed by atoms with Crippen LogP contribution in [0.5, 0.6) is 11.5 Å². The summed E-state index contributed by atoms with van der Waals surface area (Å²) in [6.45, 7) is 5.42. The van der Waals surface area contributed by atoms with Gasteiger partial charge in [0.1, 0.15) is 11.5 Å². The van der Waals surface area contributed by atoms with Gasteiger partial charge in [0.25, 0.3) is 0 Å². The van der Waals surface area contributed by atoms with Gasteiger partial charge < -0.3 is 14.8 Å². The normalized spacial score (nSPS) is 10.9. The van der Waals surface area contributed by atoms with Crippen molar-refractivity contribution >= 4 is 29.2 Å². The first kappa shape index (κ1) is 24.2. The molecule has 0 saturated carbocycles. The molecule has 0 unspecified atom stereocenters. The molecular formula is C26H25N3O5. The summed E-state index contributed by atoms with van der Waals surface area (Å²) in [4.78, 5) is 37.0. The van der Waals surface area contributed by atoms with Crippen molar-refractivity contribution in [3.8, 4) is 11.5 Å². The number of hydrazone groups is 1. The second-order valence-electron chi connectivity index (χ2n) is 7.58. The van der Waals surface area contributed by atoms with Gasteiger partial charge in [-0.3, -0.25) is 9.59 Å². The Morgan fingerprint density at radius 3 is 2.15 bits per heavy atom. The van der Waals surface area contributed by atoms with Crippen LogP contribution in [-0.2, 0) is 9.59 Å². The molecule has 0 atom stereocenters. The van der Waals surface area contributed by atoms with E-state index in [0.717, 1.165) is 11.1 Å². The van der Waals surface area contributed by atoms with Crippen molar-refractivity contribution < 1.29 is 23.9 Å². The fourth-order valence-electron chi connectivity index (χ4n) is 3.22. The third-order valence-electron chi connectivity index (χ3n) is 4.82. The van der Waals surface area contributed by atoms with Crippen LogP contribution in [0.3, 0.4) is 0 Å². The lowest BCUT2D eigenvalue weighted by molar-refractivity contribution is -0.136. The molecule has 3 aromatic rings. The highest BCUT2D eigenvalue weighted by Gasteiger charge is 2.16. The number of carbonyl (C=O) groups is 3. The lowest BCUT2D eigenvalue weighted by Gasteiger charge is -2.10. The molecule has 0 aromatic heterocycles. The van der Waals surface area contributed by atoms with Crippen molar-refractivity contribution in [2.24, 2.45) is 5.10 Å². The third kappa shape index (κ3) is 6.29. The van der Waals surface area contributed by atoms with E-state index < -0.39 is 17.8 Å². The second kappa shape index (κ2) is 10.9. The van der Waals surface area contributed by atoms with Crippen LogP contribution >= 0.6 is 0 Å². The number of ether oxygens (including phenoxy) is 2.